The smallest absolute Gasteiger partial charge is 0.313 e. The van der Waals surface area contributed by atoms with Crippen LogP contribution in [0.15, 0.2) is 24.3 Å². The van der Waals surface area contributed by atoms with Crippen LogP contribution in [-0.2, 0) is 21.7 Å². The lowest BCUT2D eigenvalue weighted by molar-refractivity contribution is -0.279. The third-order valence-corrected chi connectivity index (χ3v) is 13.7. The Morgan fingerprint density at radius 2 is 0.741 bits per heavy atom. The lowest BCUT2D eigenvalue weighted by Crippen LogP contribution is -2.32. The molecule has 0 amide bonds. The Bertz CT molecular complexity index is 1510. The van der Waals surface area contributed by atoms with Crippen molar-refractivity contribution in [2.45, 2.75) is 180 Å². The van der Waals surface area contributed by atoms with Gasteiger partial charge in [-0.3, -0.25) is 0 Å². The average molecular weight is 837 g/mol. The monoisotopic (exact) mass is 836 g/mol. The van der Waals surface area contributed by atoms with E-state index in [0.29, 0.717) is 73.6 Å². The Hall–Kier alpha value is -2.34. The van der Waals surface area contributed by atoms with Crippen LogP contribution in [0, 0.1) is 70.4 Å². The number of hydrogen-bond acceptors (Lipinski definition) is 2. The van der Waals surface area contributed by atoms with Crippen LogP contribution in [0.3, 0.4) is 0 Å². The first kappa shape index (κ1) is 46.7. The van der Waals surface area contributed by atoms with Crippen molar-refractivity contribution in [1.82, 2.24) is 0 Å². The second-order valence-electron chi connectivity index (χ2n) is 17.7. The molecule has 4 aliphatic rings. The van der Waals surface area contributed by atoms with Crippen molar-refractivity contribution in [2.24, 2.45) is 35.5 Å². The maximum Gasteiger partial charge on any atom is 0.383 e. The van der Waals surface area contributed by atoms with Gasteiger partial charge in [-0.2, -0.15) is 17.6 Å². The fourth-order valence-corrected chi connectivity index (χ4v) is 10.3. The van der Waals surface area contributed by atoms with Crippen LogP contribution < -0.4 is 0 Å². The predicted molar refractivity (Wildman–Crippen MR) is 204 cm³/mol. The maximum absolute atomic E-state index is 14.4. The SMILES string of the molecule is CCCC1CCC(C2CCC(OC(F)(F)c3cc(F)c(F)c(F)c3)CC2)CC1.CCCCCC1CCC(C2CCC(OC(F)(F)c3cc(F)c(F)c(F)c3)CC2)CC1. The van der Waals surface area contributed by atoms with Crippen LogP contribution >= 0.6 is 0 Å². The molecule has 0 aliphatic heterocycles. The lowest BCUT2D eigenvalue weighted by atomic mass is 9.70. The van der Waals surface area contributed by atoms with E-state index in [-0.39, 0.29) is 0 Å². The molecule has 0 radical (unpaired) electrons. The number of hydrogen-bond donors (Lipinski definition) is 0. The number of rotatable bonds is 14. The predicted octanol–water partition coefficient (Wildman–Crippen LogP) is 15.5. The third-order valence-electron chi connectivity index (χ3n) is 13.7. The molecule has 6 rings (SSSR count). The summed E-state index contributed by atoms with van der Waals surface area (Å²) < 4.78 is 146. The van der Waals surface area contributed by atoms with Crippen molar-refractivity contribution >= 4 is 0 Å². The van der Waals surface area contributed by atoms with Crippen molar-refractivity contribution in [2.75, 3.05) is 0 Å². The molecule has 0 bridgehead atoms. The van der Waals surface area contributed by atoms with E-state index in [4.69, 9.17) is 9.47 Å². The molecule has 0 aromatic heterocycles. The molecule has 0 N–H and O–H groups in total. The fourth-order valence-electron chi connectivity index (χ4n) is 10.3. The van der Waals surface area contributed by atoms with Crippen LogP contribution in [-0.4, -0.2) is 12.2 Å². The van der Waals surface area contributed by atoms with Crippen molar-refractivity contribution in [3.8, 4) is 0 Å². The van der Waals surface area contributed by atoms with E-state index in [0.717, 1.165) is 37.5 Å². The van der Waals surface area contributed by atoms with E-state index in [1.54, 1.807) is 0 Å². The number of ether oxygens (including phenoxy) is 2. The molecule has 0 heterocycles. The molecule has 2 nitrogen and oxygen atoms in total. The van der Waals surface area contributed by atoms with Gasteiger partial charge in [-0.1, -0.05) is 78.1 Å². The summed E-state index contributed by atoms with van der Waals surface area (Å²) >= 11 is 0. The molecule has 58 heavy (non-hydrogen) atoms. The van der Waals surface area contributed by atoms with Gasteiger partial charge in [-0.15, -0.1) is 0 Å². The highest BCUT2D eigenvalue weighted by Gasteiger charge is 2.41. The van der Waals surface area contributed by atoms with Gasteiger partial charge in [0.2, 0.25) is 0 Å². The average Bonchev–Trinajstić information content (AvgIpc) is 3.20. The van der Waals surface area contributed by atoms with Crippen molar-refractivity contribution in [3.63, 3.8) is 0 Å². The normalized spacial score (nSPS) is 28.5. The van der Waals surface area contributed by atoms with Gasteiger partial charge in [0, 0.05) is 0 Å². The molecule has 2 aromatic carbocycles. The van der Waals surface area contributed by atoms with Gasteiger partial charge in [0.15, 0.2) is 34.9 Å². The van der Waals surface area contributed by atoms with Gasteiger partial charge < -0.3 is 9.47 Å². The molecule has 0 spiro atoms. The van der Waals surface area contributed by atoms with E-state index in [9.17, 15) is 43.9 Å². The largest absolute Gasteiger partial charge is 0.383 e. The first-order valence-corrected chi connectivity index (χ1v) is 22.0. The summed E-state index contributed by atoms with van der Waals surface area (Å²) in [4.78, 5) is 0. The minimum Gasteiger partial charge on any atom is -0.313 e. The molecule has 4 fully saturated rings. The summed E-state index contributed by atoms with van der Waals surface area (Å²) in [6, 6.07) is 1.23. The van der Waals surface area contributed by atoms with Crippen LogP contribution in [0.1, 0.15) is 166 Å². The molecule has 4 saturated carbocycles. The van der Waals surface area contributed by atoms with Gasteiger partial charge >= 0.3 is 12.2 Å². The first-order chi connectivity index (χ1) is 27.6. The zero-order valence-corrected chi connectivity index (χ0v) is 34.1. The molecule has 328 valence electrons. The van der Waals surface area contributed by atoms with Crippen LogP contribution in [0.4, 0.5) is 43.9 Å². The number of alkyl halides is 4. The van der Waals surface area contributed by atoms with Crippen molar-refractivity contribution in [3.05, 3.63) is 70.3 Å². The molecule has 2 aromatic rings. The Kier molecular flexibility index (Phi) is 17.3. The quantitative estimate of drug-likeness (QED) is 0.107. The standard InChI is InChI=1S/C24H33F5O.C22H29F5O/c1-2-3-4-5-16-6-8-17(9-7-16)18-10-12-20(13-11-18)30-24(28,29)19-14-21(25)23(27)22(26)15-19;1-2-3-14-4-6-15(7-5-14)16-8-10-18(11-9-16)28-22(26,27)17-12-19(23)21(25)20(24)13-17/h14-18,20H,2-13H2,1H3;12-16,18H,2-11H2,1H3. The van der Waals surface area contributed by atoms with Crippen LogP contribution in [0.5, 0.6) is 0 Å². The molecular formula is C46H62F10O2. The number of halogens is 10. The summed E-state index contributed by atoms with van der Waals surface area (Å²) in [5.41, 5.74) is -1.97. The Labute approximate surface area is 338 Å². The molecule has 12 heteroatoms. The van der Waals surface area contributed by atoms with E-state index in [1.807, 2.05) is 0 Å². The molecule has 4 aliphatic carbocycles. The van der Waals surface area contributed by atoms with E-state index in [2.05, 4.69) is 13.8 Å². The number of benzene rings is 2. The minimum absolute atomic E-state index is 0.304. The summed E-state index contributed by atoms with van der Waals surface area (Å²) in [6.45, 7) is 4.45. The third kappa shape index (κ3) is 12.8. The van der Waals surface area contributed by atoms with E-state index >= 15 is 0 Å². The highest BCUT2D eigenvalue weighted by Crippen LogP contribution is 2.45. The van der Waals surface area contributed by atoms with Gasteiger partial charge in [0.05, 0.1) is 23.3 Å². The lowest BCUT2D eigenvalue weighted by Gasteiger charge is -2.38. The zero-order chi connectivity index (χ0) is 42.0. The van der Waals surface area contributed by atoms with Gasteiger partial charge in [0.1, 0.15) is 0 Å². The fraction of sp³-hybridized carbons (Fsp3) is 0.739. The summed E-state index contributed by atoms with van der Waals surface area (Å²) in [7, 11) is 0. The Balaban J connectivity index is 0.000000221. The van der Waals surface area contributed by atoms with Crippen molar-refractivity contribution < 1.29 is 53.4 Å². The highest BCUT2D eigenvalue weighted by atomic mass is 19.3. The van der Waals surface area contributed by atoms with E-state index < -0.39 is 70.5 Å². The molecular weight excluding hydrogens is 774 g/mol. The summed E-state index contributed by atoms with van der Waals surface area (Å²) in [6.07, 6.45) is 14.2. The topological polar surface area (TPSA) is 18.5 Å². The summed E-state index contributed by atoms with van der Waals surface area (Å²) in [5.74, 6) is -5.91. The van der Waals surface area contributed by atoms with Crippen LogP contribution in [0.25, 0.3) is 0 Å². The second-order valence-corrected chi connectivity index (χ2v) is 17.7. The zero-order valence-electron chi connectivity index (χ0n) is 34.1. The van der Waals surface area contributed by atoms with E-state index in [1.165, 1.54) is 89.9 Å². The van der Waals surface area contributed by atoms with Gasteiger partial charge in [-0.05, 0) is 137 Å². The first-order valence-electron chi connectivity index (χ1n) is 22.0. The summed E-state index contributed by atoms with van der Waals surface area (Å²) in [5, 5.41) is 0. The second kappa shape index (κ2) is 21.4. The number of unbranched alkanes of at least 4 members (excludes halogenated alkanes) is 2. The minimum atomic E-state index is -3.84. The van der Waals surface area contributed by atoms with Gasteiger partial charge in [-0.25, -0.2) is 26.3 Å². The Morgan fingerprint density at radius 1 is 0.431 bits per heavy atom. The maximum atomic E-state index is 14.4. The molecule has 0 saturated heterocycles. The van der Waals surface area contributed by atoms with Gasteiger partial charge in [0.25, 0.3) is 0 Å². The highest BCUT2D eigenvalue weighted by molar-refractivity contribution is 5.23. The van der Waals surface area contributed by atoms with Crippen LogP contribution in [0.2, 0.25) is 0 Å². The Morgan fingerprint density at radius 3 is 1.05 bits per heavy atom. The molecule has 0 atom stereocenters. The molecule has 0 unspecified atom stereocenters. The van der Waals surface area contributed by atoms with Crippen molar-refractivity contribution in [1.29, 1.82) is 0 Å².